The number of hydrogen-bond acceptors (Lipinski definition) is 5. The zero-order valence-corrected chi connectivity index (χ0v) is 14.2. The molecule has 2 aromatic rings. The van der Waals surface area contributed by atoms with E-state index in [-0.39, 0.29) is 5.28 Å². The minimum atomic E-state index is 0.159. The van der Waals surface area contributed by atoms with E-state index < -0.39 is 0 Å². The largest absolute Gasteiger partial charge is 0.351 e. The molecule has 1 aliphatic rings. The summed E-state index contributed by atoms with van der Waals surface area (Å²) in [6, 6.07) is 8.58. The SMILES string of the molecule is Clc1[c]ccc(Nc2nc(Cl)nc(NC3CCCCCC3)n2)c1. The van der Waals surface area contributed by atoms with Crippen LogP contribution >= 0.6 is 23.2 Å². The Kier molecular flexibility index (Phi) is 5.51. The molecule has 0 spiro atoms. The molecule has 1 aromatic carbocycles. The molecule has 0 bridgehead atoms. The van der Waals surface area contributed by atoms with Gasteiger partial charge < -0.3 is 10.6 Å². The molecule has 0 aliphatic heterocycles. The second kappa shape index (κ2) is 7.79. The van der Waals surface area contributed by atoms with E-state index in [4.69, 9.17) is 23.2 Å². The van der Waals surface area contributed by atoms with E-state index in [0.717, 1.165) is 18.5 Å². The number of nitrogens with one attached hydrogen (secondary N) is 2. The molecule has 0 saturated heterocycles. The molecule has 0 amide bonds. The maximum absolute atomic E-state index is 6.02. The second-order valence-electron chi connectivity index (χ2n) is 5.63. The van der Waals surface area contributed by atoms with E-state index in [2.05, 4.69) is 31.7 Å². The molecule has 1 saturated carbocycles. The monoisotopic (exact) mass is 350 g/mol. The van der Waals surface area contributed by atoms with Crippen LogP contribution in [-0.4, -0.2) is 21.0 Å². The Balaban J connectivity index is 1.73. The molecule has 5 nitrogen and oxygen atoms in total. The highest BCUT2D eigenvalue weighted by Gasteiger charge is 2.14. The zero-order chi connectivity index (χ0) is 16.1. The lowest BCUT2D eigenvalue weighted by Gasteiger charge is -2.16. The van der Waals surface area contributed by atoms with Crippen molar-refractivity contribution in [3.63, 3.8) is 0 Å². The van der Waals surface area contributed by atoms with Gasteiger partial charge in [-0.3, -0.25) is 0 Å². The van der Waals surface area contributed by atoms with Crippen molar-refractivity contribution in [2.75, 3.05) is 10.6 Å². The number of rotatable bonds is 4. The van der Waals surface area contributed by atoms with Gasteiger partial charge in [-0.15, -0.1) is 0 Å². The highest BCUT2D eigenvalue weighted by atomic mass is 35.5. The van der Waals surface area contributed by atoms with Gasteiger partial charge in [0.05, 0.1) is 5.02 Å². The summed E-state index contributed by atoms with van der Waals surface area (Å²) in [5.41, 5.74) is 0.774. The minimum absolute atomic E-state index is 0.159. The van der Waals surface area contributed by atoms with E-state index in [1.54, 1.807) is 12.1 Å². The van der Waals surface area contributed by atoms with Gasteiger partial charge in [0.1, 0.15) is 0 Å². The molecule has 1 aliphatic carbocycles. The average Bonchev–Trinajstić information content (AvgIpc) is 2.75. The van der Waals surface area contributed by atoms with E-state index in [1.807, 2.05) is 6.07 Å². The molecule has 1 heterocycles. The highest BCUT2D eigenvalue weighted by molar-refractivity contribution is 6.30. The van der Waals surface area contributed by atoms with Crippen LogP contribution in [0.1, 0.15) is 38.5 Å². The normalized spacial score (nSPS) is 15.9. The molecular formula is C16H18Cl2N5. The number of anilines is 3. The van der Waals surface area contributed by atoms with Crippen molar-refractivity contribution in [3.05, 3.63) is 34.6 Å². The maximum atomic E-state index is 6.02. The number of aromatic nitrogens is 3. The van der Waals surface area contributed by atoms with Crippen LogP contribution in [0.15, 0.2) is 18.2 Å². The van der Waals surface area contributed by atoms with Gasteiger partial charge in [-0.05, 0) is 36.6 Å². The molecule has 121 valence electrons. The van der Waals surface area contributed by atoms with Crippen LogP contribution in [0.4, 0.5) is 17.6 Å². The Bertz CT molecular complexity index is 657. The van der Waals surface area contributed by atoms with Gasteiger partial charge in [0, 0.05) is 17.8 Å². The van der Waals surface area contributed by atoms with Crippen molar-refractivity contribution >= 4 is 40.8 Å². The van der Waals surface area contributed by atoms with Gasteiger partial charge in [0.25, 0.3) is 0 Å². The van der Waals surface area contributed by atoms with Crippen LogP contribution in [0, 0.1) is 6.07 Å². The standard InChI is InChI=1S/C16H18Cl2N5/c17-11-6-5-9-13(10-11)20-16-22-14(18)21-15(23-16)19-12-7-3-1-2-4-8-12/h5,9-10,12H,1-4,7-8H2,(H2,19,20,21,22,23). The first-order chi connectivity index (χ1) is 11.2. The molecule has 1 radical (unpaired) electrons. The predicted molar refractivity (Wildman–Crippen MR) is 93.5 cm³/mol. The molecule has 0 atom stereocenters. The van der Waals surface area contributed by atoms with Crippen LogP contribution in [0.5, 0.6) is 0 Å². The lowest BCUT2D eigenvalue weighted by atomic mass is 10.1. The average molecular weight is 351 g/mol. The van der Waals surface area contributed by atoms with E-state index >= 15 is 0 Å². The Labute approximate surface area is 145 Å². The van der Waals surface area contributed by atoms with Crippen molar-refractivity contribution in [2.45, 2.75) is 44.6 Å². The summed E-state index contributed by atoms with van der Waals surface area (Å²) >= 11 is 12.0. The fourth-order valence-corrected chi connectivity index (χ4v) is 3.06. The summed E-state index contributed by atoms with van der Waals surface area (Å²) in [6.07, 6.45) is 7.34. The molecule has 1 fully saturated rings. The fourth-order valence-electron chi connectivity index (χ4n) is 2.72. The third-order valence-corrected chi connectivity index (χ3v) is 4.21. The first-order valence-corrected chi connectivity index (χ1v) is 8.57. The summed E-state index contributed by atoms with van der Waals surface area (Å²) in [6.45, 7) is 0. The van der Waals surface area contributed by atoms with Gasteiger partial charge in [0.2, 0.25) is 17.2 Å². The number of halogens is 2. The molecule has 23 heavy (non-hydrogen) atoms. The van der Waals surface area contributed by atoms with Gasteiger partial charge in [-0.2, -0.15) is 15.0 Å². The van der Waals surface area contributed by atoms with Crippen LogP contribution < -0.4 is 10.6 Å². The van der Waals surface area contributed by atoms with Crippen LogP contribution in [0.3, 0.4) is 0 Å². The summed E-state index contributed by atoms with van der Waals surface area (Å²) < 4.78 is 0. The molecule has 1 aromatic heterocycles. The van der Waals surface area contributed by atoms with Crippen molar-refractivity contribution in [1.29, 1.82) is 0 Å². The third kappa shape index (κ3) is 4.94. The predicted octanol–water partition coefficient (Wildman–Crippen LogP) is 4.86. The van der Waals surface area contributed by atoms with Crippen molar-refractivity contribution in [3.8, 4) is 0 Å². The Hall–Kier alpha value is -1.59. The van der Waals surface area contributed by atoms with Crippen molar-refractivity contribution in [1.82, 2.24) is 15.0 Å². The molecule has 2 N–H and O–H groups in total. The van der Waals surface area contributed by atoms with Crippen molar-refractivity contribution < 1.29 is 0 Å². The zero-order valence-electron chi connectivity index (χ0n) is 12.6. The maximum Gasteiger partial charge on any atom is 0.233 e. The summed E-state index contributed by atoms with van der Waals surface area (Å²) in [5, 5.41) is 7.14. The summed E-state index contributed by atoms with van der Waals surface area (Å²) in [4.78, 5) is 12.7. The summed E-state index contributed by atoms with van der Waals surface area (Å²) in [7, 11) is 0. The first-order valence-electron chi connectivity index (χ1n) is 7.81. The Morgan fingerprint density at radius 1 is 1.00 bits per heavy atom. The lowest BCUT2D eigenvalue weighted by Crippen LogP contribution is -2.20. The van der Waals surface area contributed by atoms with Gasteiger partial charge in [-0.25, -0.2) is 0 Å². The van der Waals surface area contributed by atoms with Crippen LogP contribution in [-0.2, 0) is 0 Å². The summed E-state index contributed by atoms with van der Waals surface area (Å²) in [5.74, 6) is 0.899. The quantitative estimate of drug-likeness (QED) is 0.771. The Morgan fingerprint density at radius 2 is 1.74 bits per heavy atom. The van der Waals surface area contributed by atoms with E-state index in [1.165, 1.54) is 25.7 Å². The van der Waals surface area contributed by atoms with E-state index in [0.29, 0.717) is 23.0 Å². The Morgan fingerprint density at radius 3 is 2.48 bits per heavy atom. The highest BCUT2D eigenvalue weighted by Crippen LogP contribution is 2.22. The lowest BCUT2D eigenvalue weighted by molar-refractivity contribution is 0.614. The third-order valence-electron chi connectivity index (χ3n) is 3.82. The van der Waals surface area contributed by atoms with Crippen molar-refractivity contribution in [2.24, 2.45) is 0 Å². The molecular weight excluding hydrogens is 333 g/mol. The van der Waals surface area contributed by atoms with E-state index in [9.17, 15) is 0 Å². The number of nitrogens with zero attached hydrogens (tertiary/aromatic N) is 3. The fraction of sp³-hybridized carbons (Fsp3) is 0.438. The van der Waals surface area contributed by atoms with Crippen LogP contribution in [0.2, 0.25) is 10.3 Å². The number of benzene rings is 1. The second-order valence-corrected chi connectivity index (χ2v) is 6.38. The van der Waals surface area contributed by atoms with Gasteiger partial charge in [-0.1, -0.05) is 43.4 Å². The van der Waals surface area contributed by atoms with Crippen LogP contribution in [0.25, 0.3) is 0 Å². The number of hydrogen-bond donors (Lipinski definition) is 2. The van der Waals surface area contributed by atoms with Gasteiger partial charge in [0.15, 0.2) is 0 Å². The molecule has 3 rings (SSSR count). The minimum Gasteiger partial charge on any atom is -0.351 e. The molecule has 0 unspecified atom stereocenters. The first kappa shape index (κ1) is 16.3. The topological polar surface area (TPSA) is 62.7 Å². The van der Waals surface area contributed by atoms with Gasteiger partial charge >= 0.3 is 0 Å². The smallest absolute Gasteiger partial charge is 0.233 e. The molecule has 7 heteroatoms.